The van der Waals surface area contributed by atoms with Crippen LogP contribution in [0.4, 0.5) is 0 Å². The van der Waals surface area contributed by atoms with Crippen molar-refractivity contribution >= 4 is 17.7 Å². The van der Waals surface area contributed by atoms with Crippen molar-refractivity contribution < 1.29 is 4.79 Å². The predicted molar refractivity (Wildman–Crippen MR) is 68.5 cm³/mol. The molecule has 2 fully saturated rings. The molecular weight excluding hydrogens is 220 g/mol. The van der Waals surface area contributed by atoms with Gasteiger partial charge in [0.1, 0.15) is 0 Å². The number of amides is 1. The van der Waals surface area contributed by atoms with Gasteiger partial charge < -0.3 is 10.6 Å². The van der Waals surface area contributed by atoms with E-state index in [2.05, 4.69) is 11.2 Å². The molecule has 0 aromatic rings. The van der Waals surface area contributed by atoms with E-state index in [-0.39, 0.29) is 11.9 Å². The molecule has 0 bridgehead atoms. The highest BCUT2D eigenvalue weighted by Crippen LogP contribution is 2.32. The van der Waals surface area contributed by atoms with Crippen LogP contribution in [0.25, 0.3) is 0 Å². The van der Waals surface area contributed by atoms with Crippen LogP contribution in [-0.4, -0.2) is 40.9 Å². The fourth-order valence-electron chi connectivity index (χ4n) is 2.97. The minimum Gasteiger partial charge on any atom is -0.337 e. The third kappa shape index (κ3) is 2.38. The first-order valence-corrected chi connectivity index (χ1v) is 7.61. The lowest BCUT2D eigenvalue weighted by Crippen LogP contribution is -2.55. The van der Waals surface area contributed by atoms with Gasteiger partial charge in [0.25, 0.3) is 0 Å². The standard InChI is InChI=1S/C12H22N2OS/c1-16-11-7-3-2-6-10(11)14-8-4-5-9(13)12(14)15/h9-11H,2-8,13H2,1H3. The zero-order valence-electron chi connectivity index (χ0n) is 10.0. The van der Waals surface area contributed by atoms with Gasteiger partial charge in [-0.15, -0.1) is 0 Å². The van der Waals surface area contributed by atoms with Crippen LogP contribution in [0.2, 0.25) is 0 Å². The van der Waals surface area contributed by atoms with Crippen LogP contribution in [0.1, 0.15) is 38.5 Å². The minimum atomic E-state index is -0.238. The van der Waals surface area contributed by atoms with Crippen LogP contribution < -0.4 is 5.73 Å². The summed E-state index contributed by atoms with van der Waals surface area (Å²) in [7, 11) is 0. The van der Waals surface area contributed by atoms with Crippen molar-refractivity contribution in [2.45, 2.75) is 55.9 Å². The van der Waals surface area contributed by atoms with E-state index in [1.807, 2.05) is 11.8 Å². The van der Waals surface area contributed by atoms with Crippen molar-refractivity contribution in [2.75, 3.05) is 12.8 Å². The Morgan fingerprint density at radius 1 is 1.25 bits per heavy atom. The number of nitrogens with two attached hydrogens (primary N) is 1. The number of piperidine rings is 1. The first-order chi connectivity index (χ1) is 7.74. The van der Waals surface area contributed by atoms with Crippen molar-refractivity contribution in [3.05, 3.63) is 0 Å². The highest BCUT2D eigenvalue weighted by atomic mass is 32.2. The minimum absolute atomic E-state index is 0.192. The van der Waals surface area contributed by atoms with Crippen molar-refractivity contribution in [3.8, 4) is 0 Å². The normalized spacial score (nSPS) is 36.5. The third-order valence-corrected chi connectivity index (χ3v) is 5.04. The Labute approximate surface area is 102 Å². The lowest BCUT2D eigenvalue weighted by molar-refractivity contribution is -0.138. The zero-order valence-corrected chi connectivity index (χ0v) is 10.8. The lowest BCUT2D eigenvalue weighted by Gasteiger charge is -2.42. The van der Waals surface area contributed by atoms with Crippen molar-refractivity contribution in [3.63, 3.8) is 0 Å². The number of likely N-dealkylation sites (tertiary alicyclic amines) is 1. The molecule has 92 valence electrons. The van der Waals surface area contributed by atoms with Gasteiger partial charge in [0.05, 0.1) is 6.04 Å². The number of carbonyl (C=O) groups excluding carboxylic acids is 1. The smallest absolute Gasteiger partial charge is 0.239 e. The molecule has 2 N–H and O–H groups in total. The Bertz CT molecular complexity index is 259. The van der Waals surface area contributed by atoms with Crippen LogP contribution in [0.15, 0.2) is 0 Å². The maximum atomic E-state index is 12.1. The maximum absolute atomic E-state index is 12.1. The number of rotatable bonds is 2. The first-order valence-electron chi connectivity index (χ1n) is 6.33. The van der Waals surface area contributed by atoms with E-state index in [1.54, 1.807) is 0 Å². The second-order valence-electron chi connectivity index (χ2n) is 4.91. The van der Waals surface area contributed by atoms with E-state index in [4.69, 9.17) is 5.73 Å². The summed E-state index contributed by atoms with van der Waals surface area (Å²) < 4.78 is 0. The molecule has 2 aliphatic rings. The van der Waals surface area contributed by atoms with Gasteiger partial charge in [0.2, 0.25) is 5.91 Å². The van der Waals surface area contributed by atoms with Crippen LogP contribution in [-0.2, 0) is 4.79 Å². The van der Waals surface area contributed by atoms with Gasteiger partial charge in [-0.25, -0.2) is 0 Å². The van der Waals surface area contributed by atoms with Gasteiger partial charge in [-0.2, -0.15) is 11.8 Å². The summed E-state index contributed by atoms with van der Waals surface area (Å²) in [6.45, 7) is 0.925. The molecule has 3 atom stereocenters. The van der Waals surface area contributed by atoms with E-state index in [0.29, 0.717) is 11.3 Å². The fourth-order valence-corrected chi connectivity index (χ4v) is 3.97. The van der Waals surface area contributed by atoms with Gasteiger partial charge in [0.15, 0.2) is 0 Å². The maximum Gasteiger partial charge on any atom is 0.239 e. The lowest BCUT2D eigenvalue weighted by atomic mass is 9.91. The van der Waals surface area contributed by atoms with E-state index >= 15 is 0 Å². The average molecular weight is 242 g/mol. The topological polar surface area (TPSA) is 46.3 Å². The summed E-state index contributed by atoms with van der Waals surface area (Å²) >= 11 is 1.92. The molecule has 1 amide bonds. The molecule has 0 aromatic heterocycles. The van der Waals surface area contributed by atoms with Crippen LogP contribution in [0.5, 0.6) is 0 Å². The summed E-state index contributed by atoms with van der Waals surface area (Å²) in [6.07, 6.45) is 9.11. The number of nitrogens with zero attached hydrogens (tertiary/aromatic N) is 1. The molecule has 1 saturated carbocycles. The fraction of sp³-hybridized carbons (Fsp3) is 0.917. The van der Waals surface area contributed by atoms with Crippen molar-refractivity contribution in [2.24, 2.45) is 5.73 Å². The van der Waals surface area contributed by atoms with Crippen molar-refractivity contribution in [1.29, 1.82) is 0 Å². The molecule has 4 heteroatoms. The van der Waals surface area contributed by atoms with Crippen molar-refractivity contribution in [1.82, 2.24) is 4.90 Å². The van der Waals surface area contributed by atoms with E-state index < -0.39 is 0 Å². The molecule has 1 heterocycles. The summed E-state index contributed by atoms with van der Waals surface area (Å²) in [5.41, 5.74) is 5.86. The predicted octanol–water partition coefficient (Wildman–Crippen LogP) is 1.61. The van der Waals surface area contributed by atoms with E-state index in [1.165, 1.54) is 25.7 Å². The Morgan fingerprint density at radius 3 is 2.75 bits per heavy atom. The molecule has 1 saturated heterocycles. The number of hydrogen-bond donors (Lipinski definition) is 1. The second-order valence-corrected chi connectivity index (χ2v) is 5.98. The van der Waals surface area contributed by atoms with E-state index in [0.717, 1.165) is 19.4 Å². The second kappa shape index (κ2) is 5.41. The Balaban J connectivity index is 2.06. The highest BCUT2D eigenvalue weighted by Gasteiger charge is 2.36. The van der Waals surface area contributed by atoms with Crippen LogP contribution in [0, 0.1) is 0 Å². The molecule has 16 heavy (non-hydrogen) atoms. The molecule has 0 radical (unpaired) electrons. The molecule has 3 nitrogen and oxygen atoms in total. The third-order valence-electron chi connectivity index (χ3n) is 3.89. The van der Waals surface area contributed by atoms with Gasteiger partial charge >= 0.3 is 0 Å². The van der Waals surface area contributed by atoms with Gasteiger partial charge in [-0.3, -0.25) is 4.79 Å². The summed E-state index contributed by atoms with van der Waals surface area (Å²) in [6, 6.07) is 0.209. The zero-order chi connectivity index (χ0) is 11.5. The van der Waals surface area contributed by atoms with Crippen LogP contribution in [0.3, 0.4) is 0 Å². The Morgan fingerprint density at radius 2 is 2.00 bits per heavy atom. The molecule has 0 aromatic carbocycles. The molecule has 1 aliphatic carbocycles. The summed E-state index contributed by atoms with van der Waals surface area (Å²) in [5, 5.41) is 0.628. The highest BCUT2D eigenvalue weighted by molar-refractivity contribution is 7.99. The molecular formula is C12H22N2OS. The van der Waals surface area contributed by atoms with Gasteiger partial charge in [0, 0.05) is 17.8 Å². The van der Waals surface area contributed by atoms with Gasteiger partial charge in [-0.1, -0.05) is 12.8 Å². The molecule has 0 spiro atoms. The largest absolute Gasteiger partial charge is 0.337 e. The SMILES string of the molecule is CSC1CCCCC1N1CCCC(N)C1=O. The summed E-state index contributed by atoms with van der Waals surface area (Å²) in [4.78, 5) is 14.2. The molecule has 2 rings (SSSR count). The number of thioether (sulfide) groups is 1. The monoisotopic (exact) mass is 242 g/mol. The molecule has 3 unspecified atom stereocenters. The quantitative estimate of drug-likeness (QED) is 0.800. The van der Waals surface area contributed by atoms with E-state index in [9.17, 15) is 4.79 Å². The first kappa shape index (κ1) is 12.2. The summed E-state index contributed by atoms with van der Waals surface area (Å²) in [5.74, 6) is 0.192. The Hall–Kier alpha value is -0.220. The number of hydrogen-bond acceptors (Lipinski definition) is 3. The molecule has 1 aliphatic heterocycles. The van der Waals surface area contributed by atoms with Crippen LogP contribution >= 0.6 is 11.8 Å². The van der Waals surface area contributed by atoms with Gasteiger partial charge in [-0.05, 0) is 31.9 Å². The average Bonchev–Trinajstić information content (AvgIpc) is 2.33. The number of carbonyl (C=O) groups is 1. The Kier molecular flexibility index (Phi) is 4.14.